The van der Waals surface area contributed by atoms with E-state index in [-0.39, 0.29) is 6.04 Å². The zero-order valence-corrected chi connectivity index (χ0v) is 12.8. The van der Waals surface area contributed by atoms with E-state index in [0.717, 1.165) is 23.2 Å². The van der Waals surface area contributed by atoms with E-state index in [4.69, 9.17) is 0 Å². The molecule has 1 aromatic carbocycles. The molecule has 0 aliphatic heterocycles. The number of hydrogen-bond acceptors (Lipinski definition) is 2. The Kier molecular flexibility index (Phi) is 4.45. The lowest BCUT2D eigenvalue weighted by atomic mass is 10.1. The van der Waals surface area contributed by atoms with Crippen LogP contribution in [-0.2, 0) is 10.0 Å². The Morgan fingerprint density at radius 1 is 1.33 bits per heavy atom. The topological polar surface area (TPSA) is 46.2 Å². The zero-order chi connectivity index (χ0) is 13.2. The van der Waals surface area contributed by atoms with Crippen molar-refractivity contribution in [3.63, 3.8) is 0 Å². The first kappa shape index (κ1) is 14.0. The van der Waals surface area contributed by atoms with Crippen molar-refractivity contribution in [1.82, 2.24) is 4.72 Å². The predicted molar refractivity (Wildman–Crippen MR) is 75.9 cm³/mol. The summed E-state index contributed by atoms with van der Waals surface area (Å²) in [7, 11) is -3.38. The first-order valence-corrected chi connectivity index (χ1v) is 8.57. The van der Waals surface area contributed by atoms with Crippen LogP contribution in [0.4, 0.5) is 0 Å². The molecule has 0 spiro atoms. The molecule has 0 heterocycles. The minimum Gasteiger partial charge on any atom is -0.208 e. The van der Waals surface area contributed by atoms with E-state index in [1.54, 1.807) is 24.3 Å². The highest BCUT2D eigenvalue weighted by atomic mass is 79.9. The molecule has 0 amide bonds. The standard InChI is InChI=1S/C13H18BrNO2S/c1-2-12(9-10-3-4-10)15-18(16,17)13-7-5-11(14)6-8-13/h5-8,10,12,15H,2-4,9H2,1H3. The van der Waals surface area contributed by atoms with Gasteiger partial charge < -0.3 is 0 Å². The van der Waals surface area contributed by atoms with Crippen LogP contribution >= 0.6 is 15.9 Å². The van der Waals surface area contributed by atoms with Gasteiger partial charge in [0, 0.05) is 10.5 Å². The highest BCUT2D eigenvalue weighted by Crippen LogP contribution is 2.34. The molecular formula is C13H18BrNO2S. The summed E-state index contributed by atoms with van der Waals surface area (Å²) in [6.45, 7) is 2.02. The number of nitrogens with one attached hydrogen (secondary N) is 1. The molecule has 18 heavy (non-hydrogen) atoms. The number of benzene rings is 1. The fourth-order valence-corrected chi connectivity index (χ4v) is 3.55. The van der Waals surface area contributed by atoms with E-state index in [9.17, 15) is 8.42 Å². The highest BCUT2D eigenvalue weighted by molar-refractivity contribution is 9.10. The average Bonchev–Trinajstić information content (AvgIpc) is 3.12. The van der Waals surface area contributed by atoms with E-state index in [2.05, 4.69) is 20.7 Å². The summed E-state index contributed by atoms with van der Waals surface area (Å²) in [5.74, 6) is 0.725. The monoisotopic (exact) mass is 331 g/mol. The van der Waals surface area contributed by atoms with Gasteiger partial charge in [0.2, 0.25) is 10.0 Å². The fraction of sp³-hybridized carbons (Fsp3) is 0.538. The van der Waals surface area contributed by atoms with Gasteiger partial charge in [-0.2, -0.15) is 0 Å². The van der Waals surface area contributed by atoms with Gasteiger partial charge in [0.05, 0.1) is 4.90 Å². The van der Waals surface area contributed by atoms with Crippen molar-refractivity contribution in [1.29, 1.82) is 0 Å². The van der Waals surface area contributed by atoms with Crippen molar-refractivity contribution < 1.29 is 8.42 Å². The molecule has 0 saturated heterocycles. The van der Waals surface area contributed by atoms with Gasteiger partial charge in [-0.1, -0.05) is 35.7 Å². The van der Waals surface area contributed by atoms with Crippen LogP contribution in [0.25, 0.3) is 0 Å². The minimum atomic E-state index is -3.38. The van der Waals surface area contributed by atoms with Gasteiger partial charge in [-0.25, -0.2) is 13.1 Å². The van der Waals surface area contributed by atoms with Gasteiger partial charge in [-0.3, -0.25) is 0 Å². The van der Waals surface area contributed by atoms with Gasteiger partial charge >= 0.3 is 0 Å². The maximum Gasteiger partial charge on any atom is 0.240 e. The van der Waals surface area contributed by atoms with Crippen molar-refractivity contribution in [3.8, 4) is 0 Å². The Bertz CT molecular complexity index is 494. The number of rotatable bonds is 6. The van der Waals surface area contributed by atoms with Gasteiger partial charge in [-0.05, 0) is 43.0 Å². The van der Waals surface area contributed by atoms with E-state index in [0.29, 0.717) is 4.90 Å². The summed E-state index contributed by atoms with van der Waals surface area (Å²) in [4.78, 5) is 0.333. The Balaban J connectivity index is 2.07. The molecule has 1 aliphatic carbocycles. The molecule has 1 atom stereocenters. The first-order chi connectivity index (χ1) is 8.51. The van der Waals surface area contributed by atoms with Crippen molar-refractivity contribution >= 4 is 26.0 Å². The molecule has 0 radical (unpaired) electrons. The molecule has 1 unspecified atom stereocenters. The van der Waals surface area contributed by atoms with E-state index in [1.807, 2.05) is 6.92 Å². The van der Waals surface area contributed by atoms with Gasteiger partial charge in [0.15, 0.2) is 0 Å². The van der Waals surface area contributed by atoms with Crippen molar-refractivity contribution in [2.45, 2.75) is 43.5 Å². The second-order valence-corrected chi connectivity index (χ2v) is 7.49. The van der Waals surface area contributed by atoms with Crippen LogP contribution < -0.4 is 4.72 Å². The second-order valence-electron chi connectivity index (χ2n) is 4.86. The van der Waals surface area contributed by atoms with Crippen molar-refractivity contribution in [2.24, 2.45) is 5.92 Å². The third-order valence-electron chi connectivity index (χ3n) is 3.25. The van der Waals surface area contributed by atoms with Crippen LogP contribution in [-0.4, -0.2) is 14.5 Å². The Hall–Kier alpha value is -0.390. The van der Waals surface area contributed by atoms with Crippen LogP contribution in [0.1, 0.15) is 32.6 Å². The number of halogens is 1. The molecule has 100 valence electrons. The summed E-state index contributed by atoms with van der Waals surface area (Å²) in [5, 5.41) is 0. The SMILES string of the molecule is CCC(CC1CC1)NS(=O)(=O)c1ccc(Br)cc1. The van der Waals surface area contributed by atoms with Crippen molar-refractivity contribution in [3.05, 3.63) is 28.7 Å². The quantitative estimate of drug-likeness (QED) is 0.869. The Morgan fingerprint density at radius 3 is 2.44 bits per heavy atom. The molecule has 1 N–H and O–H groups in total. The van der Waals surface area contributed by atoms with E-state index < -0.39 is 10.0 Å². The van der Waals surface area contributed by atoms with E-state index >= 15 is 0 Å². The molecule has 5 heteroatoms. The number of hydrogen-bond donors (Lipinski definition) is 1. The summed E-state index contributed by atoms with van der Waals surface area (Å²) in [6, 6.07) is 6.80. The second kappa shape index (κ2) is 5.72. The summed E-state index contributed by atoms with van der Waals surface area (Å²) >= 11 is 3.30. The van der Waals surface area contributed by atoms with Crippen LogP contribution in [0.3, 0.4) is 0 Å². The van der Waals surface area contributed by atoms with Gasteiger partial charge in [0.25, 0.3) is 0 Å². The maximum atomic E-state index is 12.2. The first-order valence-electron chi connectivity index (χ1n) is 6.29. The molecule has 2 rings (SSSR count). The lowest BCUT2D eigenvalue weighted by Crippen LogP contribution is -2.34. The van der Waals surface area contributed by atoms with Crippen LogP contribution in [0, 0.1) is 5.92 Å². The summed E-state index contributed by atoms with van der Waals surface area (Å²) in [5.41, 5.74) is 0. The summed E-state index contributed by atoms with van der Waals surface area (Å²) in [6.07, 6.45) is 4.30. The minimum absolute atomic E-state index is 0.0612. The third-order valence-corrected chi connectivity index (χ3v) is 5.32. The number of sulfonamides is 1. The molecule has 3 nitrogen and oxygen atoms in total. The maximum absolute atomic E-state index is 12.2. The van der Waals surface area contributed by atoms with Gasteiger partial charge in [-0.15, -0.1) is 0 Å². The Morgan fingerprint density at radius 2 is 1.94 bits per heavy atom. The molecule has 1 aliphatic rings. The molecule has 1 fully saturated rings. The van der Waals surface area contributed by atoms with Crippen molar-refractivity contribution in [2.75, 3.05) is 0 Å². The van der Waals surface area contributed by atoms with E-state index in [1.165, 1.54) is 12.8 Å². The van der Waals surface area contributed by atoms with Crippen LogP contribution in [0.15, 0.2) is 33.6 Å². The Labute approximate surface area is 117 Å². The molecular weight excluding hydrogens is 314 g/mol. The predicted octanol–water partition coefficient (Wildman–Crippen LogP) is 3.31. The lowest BCUT2D eigenvalue weighted by Gasteiger charge is -2.16. The molecule has 0 bridgehead atoms. The zero-order valence-electron chi connectivity index (χ0n) is 10.4. The molecule has 1 aromatic rings. The lowest BCUT2D eigenvalue weighted by molar-refractivity contribution is 0.495. The molecule has 1 saturated carbocycles. The average molecular weight is 332 g/mol. The van der Waals surface area contributed by atoms with Crippen LogP contribution in [0.2, 0.25) is 0 Å². The fourth-order valence-electron chi connectivity index (χ4n) is 1.96. The van der Waals surface area contributed by atoms with Crippen LogP contribution in [0.5, 0.6) is 0 Å². The molecule has 0 aromatic heterocycles. The third kappa shape index (κ3) is 3.80. The largest absolute Gasteiger partial charge is 0.240 e. The smallest absolute Gasteiger partial charge is 0.208 e. The highest BCUT2D eigenvalue weighted by Gasteiger charge is 2.27. The van der Waals surface area contributed by atoms with Gasteiger partial charge in [0.1, 0.15) is 0 Å². The summed E-state index contributed by atoms with van der Waals surface area (Å²) < 4.78 is 28.1. The normalized spacial score (nSPS) is 17.7.